The zero-order valence-electron chi connectivity index (χ0n) is 24.2. The van der Waals surface area contributed by atoms with Crippen LogP contribution in [0.5, 0.6) is 0 Å². The van der Waals surface area contributed by atoms with Gasteiger partial charge in [0.25, 0.3) is 0 Å². The minimum atomic E-state index is 0. The molecule has 0 N–H and O–H groups in total. The van der Waals surface area contributed by atoms with Crippen LogP contribution in [0.15, 0.2) is 115 Å². The van der Waals surface area contributed by atoms with Gasteiger partial charge in [-0.2, -0.15) is 18.2 Å². The summed E-state index contributed by atoms with van der Waals surface area (Å²) in [6.45, 7) is 6.59. The third-order valence-corrected chi connectivity index (χ3v) is 7.97. The van der Waals surface area contributed by atoms with Gasteiger partial charge in [0.2, 0.25) is 0 Å². The molecule has 0 spiro atoms. The van der Waals surface area contributed by atoms with Crippen LogP contribution < -0.4 is 24.8 Å². The quantitative estimate of drug-likeness (QED) is 0.195. The second-order valence-electron chi connectivity index (χ2n) is 10.4. The van der Waals surface area contributed by atoms with Crippen molar-refractivity contribution in [2.45, 2.75) is 38.8 Å². The summed E-state index contributed by atoms with van der Waals surface area (Å²) in [5.74, 6) is 0.276. The molecule has 1 atom stereocenters. The molecule has 2 aliphatic carbocycles. The maximum absolute atomic E-state index is 3.69. The van der Waals surface area contributed by atoms with Gasteiger partial charge in [0.05, 0.1) is 0 Å². The van der Waals surface area contributed by atoms with Gasteiger partial charge in [0, 0.05) is 15.4 Å². The van der Waals surface area contributed by atoms with E-state index in [4.69, 9.17) is 0 Å². The number of benzene rings is 5. The van der Waals surface area contributed by atoms with E-state index in [0.717, 1.165) is 22.4 Å². The van der Waals surface area contributed by atoms with Crippen molar-refractivity contribution >= 4 is 15.6 Å². The molecule has 207 valence electrons. The maximum atomic E-state index is 3.69. The maximum Gasteiger partial charge on any atom is 3.00 e. The molecular formula is C38H33Cl2SiZr. The average Bonchev–Trinajstić information content (AvgIpc) is 3.56. The third-order valence-electron chi connectivity index (χ3n) is 7.97. The third kappa shape index (κ3) is 6.39. The molecule has 0 fully saturated rings. The van der Waals surface area contributed by atoms with Gasteiger partial charge in [0.1, 0.15) is 0 Å². The van der Waals surface area contributed by atoms with E-state index >= 15 is 0 Å². The van der Waals surface area contributed by atoms with Gasteiger partial charge < -0.3 is 24.8 Å². The molecule has 4 heteroatoms. The Balaban J connectivity index is 0.000000776. The zero-order chi connectivity index (χ0) is 26.8. The molecule has 0 aliphatic heterocycles. The monoisotopic (exact) mass is 677 g/mol. The van der Waals surface area contributed by atoms with E-state index in [2.05, 4.69) is 141 Å². The fourth-order valence-corrected chi connectivity index (χ4v) is 6.21. The molecule has 0 bridgehead atoms. The molecule has 7 rings (SSSR count). The summed E-state index contributed by atoms with van der Waals surface area (Å²) < 4.78 is 0. The Labute approximate surface area is 285 Å². The first kappa shape index (κ1) is 34.0. The van der Waals surface area contributed by atoms with Crippen molar-refractivity contribution in [3.05, 3.63) is 149 Å². The first-order valence-corrected chi connectivity index (χ1v) is 15.9. The molecule has 42 heavy (non-hydrogen) atoms. The minimum Gasteiger partial charge on any atom is -1.00 e. The Morgan fingerprint density at radius 3 is 2.02 bits per heavy atom. The molecule has 2 aliphatic rings. The molecular weight excluding hydrogens is 647 g/mol. The predicted octanol–water partition coefficient (Wildman–Crippen LogP) is 4.12. The van der Waals surface area contributed by atoms with Gasteiger partial charge in [-0.15, -0.1) is 16.7 Å². The SMILES string of the molecule is CCC1=Cc2c(-c3ccc(-c4ccccc4)cc3)cccc2C1c1[c-]ccc2c1Cc1ccccc1-2.C[Si]C.[Cl-].[Cl-].[Zr+3]. The summed E-state index contributed by atoms with van der Waals surface area (Å²) in [5, 5.41) is 0. The van der Waals surface area contributed by atoms with Crippen molar-refractivity contribution < 1.29 is 51.0 Å². The van der Waals surface area contributed by atoms with E-state index in [9.17, 15) is 0 Å². The van der Waals surface area contributed by atoms with Crippen LogP contribution >= 0.6 is 0 Å². The number of hydrogen-bond acceptors (Lipinski definition) is 0. The van der Waals surface area contributed by atoms with E-state index < -0.39 is 0 Å². The molecule has 0 amide bonds. The fourth-order valence-electron chi connectivity index (χ4n) is 6.21. The van der Waals surface area contributed by atoms with Gasteiger partial charge in [-0.05, 0) is 57.3 Å². The molecule has 0 heterocycles. The van der Waals surface area contributed by atoms with E-state index in [1.165, 1.54) is 66.8 Å². The molecule has 0 aromatic heterocycles. The minimum absolute atomic E-state index is 0. The summed E-state index contributed by atoms with van der Waals surface area (Å²) >= 11 is 0. The Bertz CT molecular complexity index is 1660. The molecule has 1 unspecified atom stereocenters. The smallest absolute Gasteiger partial charge is 1.00 e. The Morgan fingerprint density at radius 2 is 1.31 bits per heavy atom. The van der Waals surface area contributed by atoms with Crippen molar-refractivity contribution in [2.24, 2.45) is 0 Å². The van der Waals surface area contributed by atoms with Crippen LogP contribution in [0.1, 0.15) is 47.1 Å². The Kier molecular flexibility index (Phi) is 12.4. The summed E-state index contributed by atoms with van der Waals surface area (Å²) in [7, 11) is 1.08. The van der Waals surface area contributed by atoms with Crippen molar-refractivity contribution in [1.82, 2.24) is 0 Å². The van der Waals surface area contributed by atoms with Crippen molar-refractivity contribution in [3.63, 3.8) is 0 Å². The van der Waals surface area contributed by atoms with Crippen LogP contribution in [0.4, 0.5) is 0 Å². The van der Waals surface area contributed by atoms with Crippen molar-refractivity contribution in [3.8, 4) is 33.4 Å². The van der Waals surface area contributed by atoms with Gasteiger partial charge in [-0.1, -0.05) is 129 Å². The zero-order valence-corrected chi connectivity index (χ0v) is 29.2. The molecule has 0 saturated heterocycles. The molecule has 5 aromatic carbocycles. The van der Waals surface area contributed by atoms with Gasteiger partial charge in [-0.25, -0.2) is 0 Å². The van der Waals surface area contributed by atoms with Crippen LogP contribution in [0, 0.1) is 6.07 Å². The number of rotatable bonds is 4. The fraction of sp³-hybridized carbons (Fsp3) is 0.158. The topological polar surface area (TPSA) is 0 Å². The number of fused-ring (bicyclic) bond motifs is 4. The van der Waals surface area contributed by atoms with Gasteiger partial charge in [-0.3, -0.25) is 0 Å². The van der Waals surface area contributed by atoms with Gasteiger partial charge >= 0.3 is 26.2 Å². The number of hydrogen-bond donors (Lipinski definition) is 0. The van der Waals surface area contributed by atoms with Gasteiger partial charge in [0.15, 0.2) is 0 Å². The largest absolute Gasteiger partial charge is 3.00 e. The molecule has 5 aromatic rings. The summed E-state index contributed by atoms with van der Waals surface area (Å²) in [6.07, 6.45) is 4.49. The second kappa shape index (κ2) is 15.3. The molecule has 0 nitrogen and oxygen atoms in total. The average molecular weight is 680 g/mol. The summed E-state index contributed by atoms with van der Waals surface area (Å²) in [4.78, 5) is 0. The van der Waals surface area contributed by atoms with E-state index in [0.29, 0.717) is 0 Å². The van der Waals surface area contributed by atoms with Crippen LogP contribution in [-0.4, -0.2) is 9.52 Å². The van der Waals surface area contributed by atoms with E-state index in [1.54, 1.807) is 0 Å². The van der Waals surface area contributed by atoms with Crippen LogP contribution in [-0.2, 0) is 32.6 Å². The van der Waals surface area contributed by atoms with Crippen LogP contribution in [0.25, 0.3) is 39.5 Å². The summed E-state index contributed by atoms with van der Waals surface area (Å²) in [5.41, 5.74) is 16.4. The molecule has 0 saturated carbocycles. The first-order chi connectivity index (χ1) is 19.2. The molecule has 3 radical (unpaired) electrons. The first-order valence-electron chi connectivity index (χ1n) is 13.9. The van der Waals surface area contributed by atoms with E-state index in [-0.39, 0.29) is 56.9 Å². The normalized spacial score (nSPS) is 13.5. The number of halogens is 2. The predicted molar refractivity (Wildman–Crippen MR) is 168 cm³/mol. The standard InChI is InChI=1S/C36H27.C2H6Si.2ClH.Zr/c1-2-24-22-34-29(27-20-18-26(19-21-27)25-10-4-3-5-11-25)14-8-16-32(34)36(24)33-17-9-15-31-30-13-7-6-12-28(30)23-35(31)33;1-3-2;;;/h3-16,18-22,36H,2,23H2,1H3;1-2H3;2*1H;/q-1;;;;+3/p-2. The van der Waals surface area contributed by atoms with Crippen molar-refractivity contribution in [1.29, 1.82) is 0 Å². The summed E-state index contributed by atoms with van der Waals surface area (Å²) in [6, 6.07) is 43.4. The Morgan fingerprint density at radius 1 is 0.690 bits per heavy atom. The second-order valence-corrected chi connectivity index (χ2v) is 11.4. The van der Waals surface area contributed by atoms with E-state index in [1.807, 2.05) is 0 Å². The Hall–Kier alpha value is -2.48. The number of allylic oxidation sites excluding steroid dienone is 1. The van der Waals surface area contributed by atoms with Crippen molar-refractivity contribution in [2.75, 3.05) is 0 Å². The van der Waals surface area contributed by atoms with Crippen LogP contribution in [0.2, 0.25) is 13.1 Å². The van der Waals surface area contributed by atoms with Crippen LogP contribution in [0.3, 0.4) is 0 Å².